The molecule has 24 heavy (non-hydrogen) atoms. The summed E-state index contributed by atoms with van der Waals surface area (Å²) in [5, 5.41) is 7.58. The molecule has 0 aliphatic heterocycles. The molecule has 1 heterocycles. The Morgan fingerprint density at radius 2 is 2.17 bits per heavy atom. The smallest absolute Gasteiger partial charge is 0.266 e. The first-order chi connectivity index (χ1) is 11.6. The summed E-state index contributed by atoms with van der Waals surface area (Å²) in [6, 6.07) is 8.16. The van der Waals surface area contributed by atoms with Crippen LogP contribution in [0.1, 0.15) is 34.8 Å². The van der Waals surface area contributed by atoms with Gasteiger partial charge >= 0.3 is 0 Å². The molecule has 1 N–H and O–H groups in total. The Labute approximate surface area is 144 Å². The van der Waals surface area contributed by atoms with Crippen LogP contribution in [0.2, 0.25) is 5.02 Å². The van der Waals surface area contributed by atoms with Gasteiger partial charge in [0.1, 0.15) is 5.75 Å². The number of carbonyl (C=O) groups excluding carboxylic acids is 1. The monoisotopic (exact) mass is 347 g/mol. The topological polar surface area (TPSA) is 73.2 Å². The fourth-order valence-electron chi connectivity index (χ4n) is 2.45. The fourth-order valence-corrected chi connectivity index (χ4v) is 2.62. The molecule has 3 rings (SSSR count). The molecule has 7 heteroatoms. The molecule has 1 aromatic carbocycles. The number of rotatable bonds is 6. The lowest BCUT2D eigenvalue weighted by Gasteiger charge is -2.10. The molecule has 0 saturated heterocycles. The summed E-state index contributed by atoms with van der Waals surface area (Å²) < 4.78 is 6.56. The molecule has 1 saturated carbocycles. The van der Waals surface area contributed by atoms with E-state index in [-0.39, 0.29) is 18.0 Å². The van der Waals surface area contributed by atoms with E-state index in [1.807, 2.05) is 0 Å². The predicted molar refractivity (Wildman–Crippen MR) is 90.8 cm³/mol. The van der Waals surface area contributed by atoms with Crippen LogP contribution in [0.4, 0.5) is 0 Å². The highest BCUT2D eigenvalue weighted by Crippen LogP contribution is 2.38. The number of carbonyl (C=O) groups is 1. The van der Waals surface area contributed by atoms with Crippen LogP contribution in [0.5, 0.6) is 5.75 Å². The number of amides is 1. The molecule has 0 unspecified atom stereocenters. The first kappa shape index (κ1) is 16.5. The SMILES string of the molecule is COc1ccc(Cl)cc1C(=O)NCCn1nc(C2CC2)ccc1=O. The second-order valence-corrected chi connectivity index (χ2v) is 6.13. The van der Waals surface area contributed by atoms with Crippen molar-refractivity contribution in [1.82, 2.24) is 15.1 Å². The maximum Gasteiger partial charge on any atom is 0.266 e. The van der Waals surface area contributed by atoms with E-state index in [2.05, 4.69) is 10.4 Å². The highest BCUT2D eigenvalue weighted by Gasteiger charge is 2.25. The summed E-state index contributed by atoms with van der Waals surface area (Å²) in [4.78, 5) is 24.1. The molecule has 1 amide bonds. The molecule has 1 aromatic heterocycles. The van der Waals surface area contributed by atoms with Crippen LogP contribution in [0, 0.1) is 0 Å². The lowest BCUT2D eigenvalue weighted by molar-refractivity contribution is 0.0948. The van der Waals surface area contributed by atoms with E-state index in [1.165, 1.54) is 17.9 Å². The number of aromatic nitrogens is 2. The van der Waals surface area contributed by atoms with Crippen LogP contribution in [-0.4, -0.2) is 29.3 Å². The maximum absolute atomic E-state index is 12.3. The summed E-state index contributed by atoms with van der Waals surface area (Å²) >= 11 is 5.93. The maximum atomic E-state index is 12.3. The number of nitrogens with one attached hydrogen (secondary N) is 1. The fraction of sp³-hybridized carbons (Fsp3) is 0.353. The standard InChI is InChI=1S/C17H18ClN3O3/c1-24-15-6-4-12(18)10-13(15)17(23)19-8-9-21-16(22)7-5-14(20-21)11-2-3-11/h4-7,10-11H,2-3,8-9H2,1H3,(H,19,23). The predicted octanol–water partition coefficient (Wildman–Crippen LogP) is 2.21. The zero-order valence-electron chi connectivity index (χ0n) is 13.3. The van der Waals surface area contributed by atoms with Gasteiger partial charge in [-0.15, -0.1) is 0 Å². The van der Waals surface area contributed by atoms with Gasteiger partial charge in [0.25, 0.3) is 11.5 Å². The Morgan fingerprint density at radius 3 is 2.88 bits per heavy atom. The van der Waals surface area contributed by atoms with Crippen LogP contribution in [0.25, 0.3) is 0 Å². The summed E-state index contributed by atoms with van der Waals surface area (Å²) in [5.74, 6) is 0.617. The average molecular weight is 348 g/mol. The van der Waals surface area contributed by atoms with Gasteiger partial charge in [0, 0.05) is 23.6 Å². The second-order valence-electron chi connectivity index (χ2n) is 5.69. The summed E-state index contributed by atoms with van der Waals surface area (Å²) in [6.45, 7) is 0.601. The first-order valence-corrected chi connectivity index (χ1v) is 8.16. The zero-order valence-corrected chi connectivity index (χ0v) is 14.0. The van der Waals surface area contributed by atoms with Gasteiger partial charge in [-0.2, -0.15) is 5.10 Å². The zero-order chi connectivity index (χ0) is 17.1. The molecule has 1 fully saturated rings. The molecule has 1 aliphatic rings. The molecule has 2 aromatic rings. The van der Waals surface area contributed by atoms with Crippen molar-refractivity contribution in [3.05, 3.63) is 57.0 Å². The highest BCUT2D eigenvalue weighted by atomic mass is 35.5. The van der Waals surface area contributed by atoms with Gasteiger partial charge < -0.3 is 10.1 Å². The van der Waals surface area contributed by atoms with Crippen molar-refractivity contribution in [3.8, 4) is 5.75 Å². The third-order valence-corrected chi connectivity index (χ3v) is 4.13. The average Bonchev–Trinajstić information content (AvgIpc) is 3.41. The third-order valence-electron chi connectivity index (χ3n) is 3.90. The van der Waals surface area contributed by atoms with Crippen LogP contribution in [0.15, 0.2) is 35.1 Å². The van der Waals surface area contributed by atoms with E-state index in [1.54, 1.807) is 24.3 Å². The molecule has 0 radical (unpaired) electrons. The van der Waals surface area contributed by atoms with E-state index < -0.39 is 0 Å². The molecule has 1 aliphatic carbocycles. The Bertz CT molecular complexity index is 815. The van der Waals surface area contributed by atoms with Crippen molar-refractivity contribution in [1.29, 1.82) is 0 Å². The van der Waals surface area contributed by atoms with E-state index in [9.17, 15) is 9.59 Å². The number of benzene rings is 1. The second kappa shape index (κ2) is 7.05. The Balaban J connectivity index is 1.64. The Kier molecular flexibility index (Phi) is 4.85. The summed E-state index contributed by atoms with van der Waals surface area (Å²) in [5.41, 5.74) is 1.13. The molecule has 6 nitrogen and oxygen atoms in total. The highest BCUT2D eigenvalue weighted by molar-refractivity contribution is 6.31. The lowest BCUT2D eigenvalue weighted by atomic mass is 10.2. The van der Waals surface area contributed by atoms with Crippen LogP contribution in [0.3, 0.4) is 0 Å². The normalized spacial score (nSPS) is 13.6. The van der Waals surface area contributed by atoms with E-state index in [0.29, 0.717) is 28.8 Å². The van der Waals surface area contributed by atoms with Gasteiger partial charge in [-0.3, -0.25) is 9.59 Å². The summed E-state index contributed by atoms with van der Waals surface area (Å²) in [6.07, 6.45) is 2.24. The van der Waals surface area contributed by atoms with Gasteiger partial charge in [-0.25, -0.2) is 4.68 Å². The Hall–Kier alpha value is -2.34. The molecule has 126 valence electrons. The third kappa shape index (κ3) is 3.76. The quantitative estimate of drug-likeness (QED) is 0.869. The van der Waals surface area contributed by atoms with Gasteiger partial charge in [-0.1, -0.05) is 11.6 Å². The Morgan fingerprint density at radius 1 is 1.38 bits per heavy atom. The van der Waals surface area contributed by atoms with Crippen molar-refractivity contribution < 1.29 is 9.53 Å². The summed E-state index contributed by atoms with van der Waals surface area (Å²) in [7, 11) is 1.49. The number of nitrogens with zero attached hydrogens (tertiary/aromatic N) is 2. The number of methoxy groups -OCH3 is 1. The molecule has 0 atom stereocenters. The molecular weight excluding hydrogens is 330 g/mol. The minimum Gasteiger partial charge on any atom is -0.496 e. The van der Waals surface area contributed by atoms with Crippen molar-refractivity contribution in [3.63, 3.8) is 0 Å². The van der Waals surface area contributed by atoms with E-state index in [0.717, 1.165) is 18.5 Å². The van der Waals surface area contributed by atoms with Crippen molar-refractivity contribution in [2.45, 2.75) is 25.3 Å². The minimum absolute atomic E-state index is 0.172. The van der Waals surface area contributed by atoms with E-state index in [4.69, 9.17) is 16.3 Å². The van der Waals surface area contributed by atoms with Gasteiger partial charge in [-0.05, 0) is 37.1 Å². The minimum atomic E-state index is -0.305. The number of ether oxygens (including phenoxy) is 1. The molecular formula is C17H18ClN3O3. The number of halogens is 1. The van der Waals surface area contributed by atoms with Crippen molar-refractivity contribution in [2.75, 3.05) is 13.7 Å². The largest absolute Gasteiger partial charge is 0.496 e. The number of hydrogen-bond acceptors (Lipinski definition) is 4. The van der Waals surface area contributed by atoms with Crippen LogP contribution in [-0.2, 0) is 6.54 Å². The first-order valence-electron chi connectivity index (χ1n) is 7.78. The van der Waals surface area contributed by atoms with Crippen LogP contribution >= 0.6 is 11.6 Å². The van der Waals surface area contributed by atoms with Crippen LogP contribution < -0.4 is 15.6 Å². The van der Waals surface area contributed by atoms with Gasteiger partial charge in [0.2, 0.25) is 0 Å². The van der Waals surface area contributed by atoms with Gasteiger partial charge in [0.05, 0.1) is 24.9 Å². The van der Waals surface area contributed by atoms with Gasteiger partial charge in [0.15, 0.2) is 0 Å². The number of hydrogen-bond donors (Lipinski definition) is 1. The molecule has 0 bridgehead atoms. The van der Waals surface area contributed by atoms with E-state index >= 15 is 0 Å². The lowest BCUT2D eigenvalue weighted by Crippen LogP contribution is -2.32. The molecule has 0 spiro atoms. The van der Waals surface area contributed by atoms with Crippen molar-refractivity contribution in [2.24, 2.45) is 0 Å². The van der Waals surface area contributed by atoms with Crippen molar-refractivity contribution >= 4 is 17.5 Å².